The highest BCUT2D eigenvalue weighted by atomic mass is 16.1. The van der Waals surface area contributed by atoms with Gasteiger partial charge in [0, 0.05) is 12.1 Å². The summed E-state index contributed by atoms with van der Waals surface area (Å²) in [6.07, 6.45) is 7.05. The zero-order valence-electron chi connectivity index (χ0n) is 11.5. The SMILES string of the molecule is Cc1cccc(NC(=O)CCC2CCCC2)c1C. The van der Waals surface area contributed by atoms with Gasteiger partial charge in [0.2, 0.25) is 5.91 Å². The Kier molecular flexibility index (Phi) is 4.40. The Hall–Kier alpha value is -1.31. The number of amides is 1. The molecule has 0 spiro atoms. The molecule has 1 saturated carbocycles. The van der Waals surface area contributed by atoms with Crippen molar-refractivity contribution in [3.8, 4) is 0 Å². The molecule has 98 valence electrons. The minimum atomic E-state index is 0.163. The summed E-state index contributed by atoms with van der Waals surface area (Å²) in [6, 6.07) is 6.05. The van der Waals surface area contributed by atoms with Crippen LogP contribution < -0.4 is 5.32 Å². The number of rotatable bonds is 4. The second-order valence-corrected chi connectivity index (χ2v) is 5.48. The number of carbonyl (C=O) groups is 1. The van der Waals surface area contributed by atoms with Gasteiger partial charge in [-0.1, -0.05) is 37.8 Å². The Balaban J connectivity index is 1.84. The summed E-state index contributed by atoms with van der Waals surface area (Å²) in [5.41, 5.74) is 3.36. The lowest BCUT2D eigenvalue weighted by Crippen LogP contribution is -2.13. The highest BCUT2D eigenvalue weighted by Crippen LogP contribution is 2.28. The fourth-order valence-electron chi connectivity index (χ4n) is 2.73. The van der Waals surface area contributed by atoms with Gasteiger partial charge in [0.1, 0.15) is 0 Å². The third-order valence-electron chi connectivity index (χ3n) is 4.13. The molecule has 1 aromatic rings. The fraction of sp³-hybridized carbons (Fsp3) is 0.562. The fourth-order valence-corrected chi connectivity index (χ4v) is 2.73. The number of anilines is 1. The summed E-state index contributed by atoms with van der Waals surface area (Å²) < 4.78 is 0. The van der Waals surface area contributed by atoms with E-state index in [0.29, 0.717) is 6.42 Å². The smallest absolute Gasteiger partial charge is 0.224 e. The van der Waals surface area contributed by atoms with E-state index in [1.165, 1.54) is 36.8 Å². The molecule has 18 heavy (non-hydrogen) atoms. The monoisotopic (exact) mass is 245 g/mol. The van der Waals surface area contributed by atoms with Crippen molar-refractivity contribution in [3.63, 3.8) is 0 Å². The highest BCUT2D eigenvalue weighted by Gasteiger charge is 2.16. The van der Waals surface area contributed by atoms with Crippen molar-refractivity contribution in [2.75, 3.05) is 5.32 Å². The molecule has 1 fully saturated rings. The second-order valence-electron chi connectivity index (χ2n) is 5.48. The molecule has 1 aliphatic rings. The Bertz CT molecular complexity index is 419. The van der Waals surface area contributed by atoms with Crippen molar-refractivity contribution >= 4 is 11.6 Å². The first-order valence-electron chi connectivity index (χ1n) is 7.03. The van der Waals surface area contributed by atoms with Crippen LogP contribution in [-0.2, 0) is 4.79 Å². The maximum atomic E-state index is 11.9. The predicted octanol–water partition coefficient (Wildman–Crippen LogP) is 4.21. The van der Waals surface area contributed by atoms with Gasteiger partial charge in [-0.3, -0.25) is 4.79 Å². The Morgan fingerprint density at radius 1 is 1.28 bits per heavy atom. The van der Waals surface area contributed by atoms with Crippen LogP contribution in [0.3, 0.4) is 0 Å². The average molecular weight is 245 g/mol. The molecule has 1 N–H and O–H groups in total. The van der Waals surface area contributed by atoms with Crippen LogP contribution in [0.15, 0.2) is 18.2 Å². The number of benzene rings is 1. The zero-order chi connectivity index (χ0) is 13.0. The van der Waals surface area contributed by atoms with E-state index in [4.69, 9.17) is 0 Å². The molecule has 2 nitrogen and oxygen atoms in total. The van der Waals surface area contributed by atoms with Crippen molar-refractivity contribution in [2.45, 2.75) is 52.4 Å². The molecule has 0 bridgehead atoms. The molecular formula is C16H23NO. The van der Waals surface area contributed by atoms with Crippen molar-refractivity contribution in [3.05, 3.63) is 29.3 Å². The van der Waals surface area contributed by atoms with Crippen molar-refractivity contribution in [1.29, 1.82) is 0 Å². The summed E-state index contributed by atoms with van der Waals surface area (Å²) in [5, 5.41) is 3.04. The summed E-state index contributed by atoms with van der Waals surface area (Å²) in [5.74, 6) is 0.949. The van der Waals surface area contributed by atoms with Crippen LogP contribution in [0.5, 0.6) is 0 Å². The van der Waals surface area contributed by atoms with Gasteiger partial charge < -0.3 is 5.32 Å². The summed E-state index contributed by atoms with van der Waals surface area (Å²) in [6.45, 7) is 4.13. The van der Waals surface area contributed by atoms with Gasteiger partial charge in [-0.25, -0.2) is 0 Å². The first kappa shape index (κ1) is 13.1. The minimum Gasteiger partial charge on any atom is -0.326 e. The topological polar surface area (TPSA) is 29.1 Å². The number of hydrogen-bond acceptors (Lipinski definition) is 1. The van der Waals surface area contributed by atoms with Gasteiger partial charge in [0.05, 0.1) is 0 Å². The summed E-state index contributed by atoms with van der Waals surface area (Å²) >= 11 is 0. The van der Waals surface area contributed by atoms with E-state index in [-0.39, 0.29) is 5.91 Å². The standard InChI is InChI=1S/C16H23NO/c1-12-6-5-9-15(13(12)2)17-16(18)11-10-14-7-3-4-8-14/h5-6,9,14H,3-4,7-8,10-11H2,1-2H3,(H,17,18). The Morgan fingerprint density at radius 2 is 2.00 bits per heavy atom. The Morgan fingerprint density at radius 3 is 2.72 bits per heavy atom. The van der Waals surface area contributed by atoms with Crippen molar-refractivity contribution < 1.29 is 4.79 Å². The lowest BCUT2D eigenvalue weighted by atomic mass is 10.0. The van der Waals surface area contributed by atoms with Gasteiger partial charge in [0.15, 0.2) is 0 Å². The van der Waals surface area contributed by atoms with Gasteiger partial charge in [-0.15, -0.1) is 0 Å². The molecule has 0 atom stereocenters. The molecule has 0 aliphatic heterocycles. The molecule has 1 aliphatic carbocycles. The molecular weight excluding hydrogens is 222 g/mol. The Labute approximate surface area is 110 Å². The van der Waals surface area contributed by atoms with Crippen LogP contribution in [0, 0.1) is 19.8 Å². The van der Waals surface area contributed by atoms with Crippen LogP contribution in [0.2, 0.25) is 0 Å². The first-order valence-corrected chi connectivity index (χ1v) is 7.03. The quantitative estimate of drug-likeness (QED) is 0.845. The van der Waals surface area contributed by atoms with E-state index < -0.39 is 0 Å². The van der Waals surface area contributed by atoms with E-state index in [1.807, 2.05) is 12.1 Å². The lowest BCUT2D eigenvalue weighted by molar-refractivity contribution is -0.116. The maximum Gasteiger partial charge on any atom is 0.224 e. The maximum absolute atomic E-state index is 11.9. The van der Waals surface area contributed by atoms with E-state index in [0.717, 1.165) is 18.0 Å². The van der Waals surface area contributed by atoms with Crippen LogP contribution >= 0.6 is 0 Å². The molecule has 1 aromatic carbocycles. The van der Waals surface area contributed by atoms with Crippen molar-refractivity contribution in [1.82, 2.24) is 0 Å². The van der Waals surface area contributed by atoms with Crippen LogP contribution in [-0.4, -0.2) is 5.91 Å². The molecule has 0 heterocycles. The van der Waals surface area contributed by atoms with Gasteiger partial charge >= 0.3 is 0 Å². The number of nitrogens with one attached hydrogen (secondary N) is 1. The van der Waals surface area contributed by atoms with Crippen LogP contribution in [0.25, 0.3) is 0 Å². The summed E-state index contributed by atoms with van der Waals surface area (Å²) in [4.78, 5) is 11.9. The second kappa shape index (κ2) is 6.03. The molecule has 0 unspecified atom stereocenters. The van der Waals surface area contributed by atoms with E-state index in [9.17, 15) is 4.79 Å². The van der Waals surface area contributed by atoms with E-state index in [2.05, 4.69) is 25.2 Å². The zero-order valence-corrected chi connectivity index (χ0v) is 11.5. The van der Waals surface area contributed by atoms with Gasteiger partial charge in [-0.05, 0) is 43.4 Å². The molecule has 0 radical (unpaired) electrons. The number of carbonyl (C=O) groups excluding carboxylic acids is 1. The van der Waals surface area contributed by atoms with Crippen molar-refractivity contribution in [2.24, 2.45) is 5.92 Å². The molecule has 0 aromatic heterocycles. The summed E-state index contributed by atoms with van der Waals surface area (Å²) in [7, 11) is 0. The number of hydrogen-bond donors (Lipinski definition) is 1. The molecule has 2 heteroatoms. The predicted molar refractivity (Wildman–Crippen MR) is 75.7 cm³/mol. The van der Waals surface area contributed by atoms with Gasteiger partial charge in [-0.2, -0.15) is 0 Å². The number of aryl methyl sites for hydroxylation is 1. The first-order chi connectivity index (χ1) is 8.66. The van der Waals surface area contributed by atoms with Crippen LogP contribution in [0.1, 0.15) is 49.7 Å². The average Bonchev–Trinajstić information content (AvgIpc) is 2.86. The normalized spacial score (nSPS) is 15.9. The minimum absolute atomic E-state index is 0.163. The molecule has 1 amide bonds. The van der Waals surface area contributed by atoms with Crippen LogP contribution in [0.4, 0.5) is 5.69 Å². The van der Waals surface area contributed by atoms with Gasteiger partial charge in [0.25, 0.3) is 0 Å². The molecule has 2 rings (SSSR count). The third-order valence-corrected chi connectivity index (χ3v) is 4.13. The highest BCUT2D eigenvalue weighted by molar-refractivity contribution is 5.91. The molecule has 0 saturated heterocycles. The van der Waals surface area contributed by atoms with E-state index in [1.54, 1.807) is 0 Å². The largest absolute Gasteiger partial charge is 0.326 e. The lowest BCUT2D eigenvalue weighted by Gasteiger charge is -2.12. The third kappa shape index (κ3) is 3.34. The van der Waals surface area contributed by atoms with E-state index >= 15 is 0 Å².